The molecule has 3 aromatic rings. The molecule has 103 heavy (non-hydrogen) atoms. The zero-order valence-corrected chi connectivity index (χ0v) is 60.9. The molecule has 0 aliphatic rings. The number of Topliss-reactive ketones (excluding diaryl/α,β-unsaturated/α-hetero) is 2. The Labute approximate surface area is 620 Å². The molecule has 566 valence electrons. The Kier molecular flexibility index (Phi) is 40.4. The third kappa shape index (κ3) is 33.2. The van der Waals surface area contributed by atoms with Crippen molar-refractivity contribution in [1.29, 1.82) is 0 Å². The monoisotopic (exact) mass is 1560 g/mol. The second-order valence-electron chi connectivity index (χ2n) is 23.0. The first-order chi connectivity index (χ1) is 48.8. The molecule has 3 aromatic carbocycles. The Bertz CT molecular complexity index is 3330. The molecule has 0 heterocycles. The molecular weight excluding hydrogens is 1480 g/mol. The highest BCUT2D eigenvalue weighted by Gasteiger charge is 2.30. The number of amides is 9. The van der Waals surface area contributed by atoms with Gasteiger partial charge < -0.3 is 89.6 Å². The summed E-state index contributed by atoms with van der Waals surface area (Å²) >= 11 is 28.4. The number of hydrogen-bond acceptors (Lipinski definition) is 21. The van der Waals surface area contributed by atoms with Gasteiger partial charge in [-0.3, -0.25) is 71.9 Å². The summed E-state index contributed by atoms with van der Waals surface area (Å²) < 4.78 is 11.2. The zero-order chi connectivity index (χ0) is 76.9. The molecule has 32 nitrogen and oxygen atoms in total. The number of rotatable bonds is 51. The standard InChI is InChI=1S/C65H85Cl4N11O21S2/c1-3-36(30-102-32-43(62(94)75-21-17-53(87)88)79-49(83)15-11-41(70)64(96)97)59(91)39-9-13-45(57(68)55(39)66)100-28-51(85)73-19-5-7-47(81)77-26-34-23-35(25-38(24-34)61(72)93)27-78-48(82)8-6-20-74-52(86)29-101-46-14-10-40(56(67)58(46)69)60(92)37(4-2)31-103-33-44(63(95)76-22-18-54(89)90)80-50(84)16-12-42(71)65(98)99/h9-10,13-14,23-25,36-37,41-44H,3-8,11-12,15-22,26-33,70-71H2,1-2H3,(H2,72,93)(H,73,85)(H,74,86)(H,75,94)(H,76,95)(H,77,81)(H,78,82)(H,79,83)(H,80,84)(H,87,88)(H,89,90)(H,96,97)(H,98,99). The second kappa shape index (κ2) is 47.0. The van der Waals surface area contributed by atoms with Crippen LogP contribution < -0.4 is 69.2 Å². The largest absolute Gasteiger partial charge is 0.482 e. The number of carboxylic acids is 4. The fourth-order valence-corrected chi connectivity index (χ4v) is 12.6. The van der Waals surface area contributed by atoms with E-state index in [0.29, 0.717) is 24.0 Å². The first kappa shape index (κ1) is 88.7. The van der Waals surface area contributed by atoms with E-state index < -0.39 is 138 Å². The lowest BCUT2D eigenvalue weighted by Gasteiger charge is -2.20. The summed E-state index contributed by atoms with van der Waals surface area (Å²) in [6.07, 6.45) is -0.733. The number of primary amides is 1. The average molecular weight is 1560 g/mol. The topological polar surface area (TPSA) is 530 Å². The van der Waals surface area contributed by atoms with Crippen LogP contribution in [0.5, 0.6) is 11.5 Å². The number of carbonyl (C=O) groups excluding carboxylic acids is 11. The number of ketones is 2. The van der Waals surface area contributed by atoms with Crippen LogP contribution >= 0.6 is 69.9 Å². The molecule has 0 saturated carbocycles. The third-order valence-electron chi connectivity index (χ3n) is 15.0. The molecule has 6 atom stereocenters. The summed E-state index contributed by atoms with van der Waals surface area (Å²) in [4.78, 5) is 186. The van der Waals surface area contributed by atoms with E-state index in [4.69, 9.17) is 93.5 Å². The Morgan fingerprint density at radius 3 is 1.17 bits per heavy atom. The molecule has 3 rings (SSSR count). The number of carbonyl (C=O) groups is 15. The molecule has 38 heteroatoms. The van der Waals surface area contributed by atoms with Gasteiger partial charge in [0.15, 0.2) is 24.8 Å². The summed E-state index contributed by atoms with van der Waals surface area (Å²) in [7, 11) is 0. The molecule has 18 N–H and O–H groups in total. The summed E-state index contributed by atoms with van der Waals surface area (Å²) in [6, 6.07) is 5.16. The van der Waals surface area contributed by atoms with Crippen molar-refractivity contribution in [2.24, 2.45) is 29.0 Å². The van der Waals surface area contributed by atoms with Gasteiger partial charge in [0.05, 0.1) is 22.9 Å². The van der Waals surface area contributed by atoms with E-state index in [1.54, 1.807) is 19.9 Å². The van der Waals surface area contributed by atoms with Crippen LogP contribution in [0, 0.1) is 11.8 Å². The van der Waals surface area contributed by atoms with Crippen molar-refractivity contribution >= 4 is 159 Å². The molecule has 0 fully saturated rings. The molecule has 9 amide bonds. The van der Waals surface area contributed by atoms with Crippen molar-refractivity contribution in [1.82, 2.24) is 42.5 Å². The summed E-state index contributed by atoms with van der Waals surface area (Å²) in [5.74, 6) is -12.2. The number of aliphatic carboxylic acids is 4. The van der Waals surface area contributed by atoms with Gasteiger partial charge in [0.2, 0.25) is 41.4 Å². The van der Waals surface area contributed by atoms with Crippen LogP contribution in [0.25, 0.3) is 0 Å². The van der Waals surface area contributed by atoms with Crippen LogP contribution in [0.2, 0.25) is 20.1 Å². The van der Waals surface area contributed by atoms with Crippen molar-refractivity contribution < 1.29 is 102 Å². The molecule has 0 aromatic heterocycles. The lowest BCUT2D eigenvalue weighted by molar-refractivity contribution is -0.140. The molecule has 0 aliphatic carbocycles. The minimum atomic E-state index is -1.31. The smallest absolute Gasteiger partial charge is 0.320 e. The van der Waals surface area contributed by atoms with Crippen LogP contribution in [0.15, 0.2) is 42.5 Å². The van der Waals surface area contributed by atoms with Crippen LogP contribution in [0.1, 0.15) is 133 Å². The minimum absolute atomic E-state index is 0.00753. The van der Waals surface area contributed by atoms with E-state index in [2.05, 4.69) is 42.5 Å². The van der Waals surface area contributed by atoms with Crippen LogP contribution in [-0.2, 0) is 70.6 Å². The number of nitrogens with one attached hydrogen (secondary N) is 8. The molecular formula is C65H85Cl4N11O21S2. The maximum atomic E-state index is 13.7. The number of hydrogen-bond donors (Lipinski definition) is 15. The van der Waals surface area contributed by atoms with Crippen molar-refractivity contribution in [2.45, 2.75) is 128 Å². The predicted molar refractivity (Wildman–Crippen MR) is 382 cm³/mol. The van der Waals surface area contributed by atoms with Gasteiger partial charge in [-0.2, -0.15) is 23.5 Å². The van der Waals surface area contributed by atoms with Crippen molar-refractivity contribution in [3.05, 3.63) is 90.4 Å². The maximum absolute atomic E-state index is 13.7. The highest BCUT2D eigenvalue weighted by atomic mass is 35.5. The number of benzene rings is 3. The summed E-state index contributed by atoms with van der Waals surface area (Å²) in [5, 5.41) is 56.0. The van der Waals surface area contributed by atoms with E-state index in [0.717, 1.165) is 23.5 Å². The van der Waals surface area contributed by atoms with Gasteiger partial charge in [-0.25, -0.2) is 0 Å². The van der Waals surface area contributed by atoms with Crippen LogP contribution in [0.3, 0.4) is 0 Å². The van der Waals surface area contributed by atoms with E-state index >= 15 is 0 Å². The fourth-order valence-electron chi connectivity index (χ4n) is 9.10. The first-order valence-corrected chi connectivity index (χ1v) is 36.1. The van der Waals surface area contributed by atoms with Gasteiger partial charge in [0.25, 0.3) is 11.8 Å². The normalized spacial score (nSPS) is 12.7. The van der Waals surface area contributed by atoms with E-state index in [-0.39, 0.29) is 175 Å². The highest BCUT2D eigenvalue weighted by molar-refractivity contribution is 7.99. The number of ether oxygens (including phenoxy) is 2. The number of nitrogens with two attached hydrogens (primary N) is 3. The quantitative estimate of drug-likeness (QED) is 0.0285. The number of halogens is 4. The number of thioether (sulfide) groups is 2. The summed E-state index contributed by atoms with van der Waals surface area (Å²) in [6.45, 7) is 2.13. The van der Waals surface area contributed by atoms with Crippen LogP contribution in [0.4, 0.5) is 0 Å². The maximum Gasteiger partial charge on any atom is 0.320 e. The van der Waals surface area contributed by atoms with E-state index in [1.165, 1.54) is 36.4 Å². The van der Waals surface area contributed by atoms with Crippen LogP contribution in [-0.4, -0.2) is 196 Å². The third-order valence-corrected chi connectivity index (χ3v) is 19.1. The average Bonchev–Trinajstić information content (AvgIpc) is 0.818. The van der Waals surface area contributed by atoms with Gasteiger partial charge in [-0.15, -0.1) is 0 Å². The second-order valence-corrected chi connectivity index (χ2v) is 26.7. The number of carboxylic acid groups (broad SMARTS) is 4. The van der Waals surface area contributed by atoms with Gasteiger partial charge in [0, 0.05) is 116 Å². The molecule has 0 radical (unpaired) electrons. The van der Waals surface area contributed by atoms with Gasteiger partial charge in [-0.1, -0.05) is 66.3 Å². The van der Waals surface area contributed by atoms with E-state index in [9.17, 15) is 71.9 Å². The lowest BCUT2D eigenvalue weighted by Crippen LogP contribution is -2.49. The zero-order valence-electron chi connectivity index (χ0n) is 56.3. The molecule has 0 saturated heterocycles. The minimum Gasteiger partial charge on any atom is -0.482 e. The van der Waals surface area contributed by atoms with Gasteiger partial charge in [-0.05, 0) is 86.1 Å². The fraction of sp³-hybridized carbons (Fsp3) is 0.492. The summed E-state index contributed by atoms with van der Waals surface area (Å²) in [5.41, 5.74) is 17.8. The molecule has 0 bridgehead atoms. The van der Waals surface area contributed by atoms with E-state index in [1.807, 2.05) is 0 Å². The predicted octanol–water partition coefficient (Wildman–Crippen LogP) is 3.00. The highest BCUT2D eigenvalue weighted by Crippen LogP contribution is 2.38. The molecule has 6 unspecified atom stereocenters. The Balaban J connectivity index is 1.42. The molecule has 0 aliphatic heterocycles. The Morgan fingerprint density at radius 1 is 0.456 bits per heavy atom. The van der Waals surface area contributed by atoms with Gasteiger partial charge >= 0.3 is 23.9 Å². The SMILES string of the molecule is CCC(CSCC(NC(=O)CCC(N)C(=O)O)C(=O)NCCC(=O)O)C(=O)c1ccc(OCC(=O)NCCCC(=O)NCc2cc(CNC(=O)CCCNC(=O)COc3ccc(C(=O)C(CC)CSCC(NC(=O)CCC(N)C(=O)O)C(=O)NCCC(=O)O)c(Cl)c3Cl)cc(C(N)=O)c2)c(Cl)c1Cl. The van der Waals surface area contributed by atoms with Gasteiger partial charge in [0.1, 0.15) is 45.7 Å². The van der Waals surface area contributed by atoms with Crippen molar-refractivity contribution in [3.8, 4) is 11.5 Å². The van der Waals surface area contributed by atoms with Crippen molar-refractivity contribution in [3.63, 3.8) is 0 Å². The Morgan fingerprint density at radius 2 is 0.835 bits per heavy atom. The van der Waals surface area contributed by atoms with Crippen molar-refractivity contribution in [2.75, 3.05) is 62.4 Å². The Hall–Kier alpha value is -8.51. The molecule has 0 spiro atoms. The first-order valence-electron chi connectivity index (χ1n) is 32.3. The lowest BCUT2D eigenvalue weighted by atomic mass is 9.97.